The van der Waals surface area contributed by atoms with Gasteiger partial charge in [0.25, 0.3) is 11.5 Å². The molecule has 1 aliphatic heterocycles. The van der Waals surface area contributed by atoms with Gasteiger partial charge in [0.15, 0.2) is 17.2 Å². The molecule has 12 nitrogen and oxygen atoms in total. The normalized spacial score (nSPS) is 11.9. The molecule has 0 saturated carbocycles. The average molecular weight is 585 g/mol. The number of nitrogen functional groups attached to an aromatic ring is 1. The maximum Gasteiger partial charge on any atom is 0.330 e. The molecule has 43 heavy (non-hydrogen) atoms. The van der Waals surface area contributed by atoms with Gasteiger partial charge in [0.2, 0.25) is 5.91 Å². The van der Waals surface area contributed by atoms with Crippen LogP contribution in [0.1, 0.15) is 29.3 Å². The van der Waals surface area contributed by atoms with Crippen LogP contribution in [-0.2, 0) is 11.3 Å². The van der Waals surface area contributed by atoms with Gasteiger partial charge in [0.05, 0.1) is 18.7 Å². The molecular formula is C31H32N6O6. The third-order valence-corrected chi connectivity index (χ3v) is 6.82. The van der Waals surface area contributed by atoms with Crippen molar-refractivity contribution in [3.63, 3.8) is 0 Å². The minimum atomic E-state index is -0.757. The summed E-state index contributed by atoms with van der Waals surface area (Å²) in [6, 6.07) is 21.1. The van der Waals surface area contributed by atoms with Gasteiger partial charge in [0.1, 0.15) is 19.0 Å². The van der Waals surface area contributed by atoms with Crippen LogP contribution in [0.25, 0.3) is 0 Å². The van der Waals surface area contributed by atoms with Crippen LogP contribution in [0, 0.1) is 0 Å². The van der Waals surface area contributed by atoms with Gasteiger partial charge in [-0.3, -0.25) is 23.9 Å². The molecule has 0 radical (unpaired) electrons. The van der Waals surface area contributed by atoms with Crippen molar-refractivity contribution in [1.29, 1.82) is 0 Å². The van der Waals surface area contributed by atoms with E-state index in [1.165, 1.54) is 9.47 Å². The van der Waals surface area contributed by atoms with Gasteiger partial charge in [-0.1, -0.05) is 49.4 Å². The topological polar surface area (TPSA) is 161 Å². The van der Waals surface area contributed by atoms with Crippen LogP contribution in [0.4, 0.5) is 22.9 Å². The molecule has 2 amide bonds. The predicted octanol–water partition coefficient (Wildman–Crippen LogP) is 3.05. The molecule has 0 bridgehead atoms. The molecule has 0 fully saturated rings. The van der Waals surface area contributed by atoms with E-state index in [-0.39, 0.29) is 31.1 Å². The lowest BCUT2D eigenvalue weighted by atomic mass is 10.1. The molecule has 1 aromatic heterocycles. The van der Waals surface area contributed by atoms with Crippen molar-refractivity contribution >= 4 is 34.7 Å². The Balaban J connectivity index is 1.34. The van der Waals surface area contributed by atoms with Crippen molar-refractivity contribution < 1.29 is 19.1 Å². The van der Waals surface area contributed by atoms with Crippen LogP contribution in [0.2, 0.25) is 0 Å². The number of aromatic amines is 1. The standard InChI is InChI=1S/C31H32N6O6/c1-2-14-36(27-28(32)37(31(41)35-30(27)40)19-20-8-4-3-5-9-20)26(38)18-33-23-11-7-6-10-22(23)29(39)34-21-12-13-24-25(17-21)43-16-15-42-24/h3-13,17,33H,2,14-16,18-19,32H2,1H3,(H,34,39)(H,35,40,41). The second-order valence-corrected chi connectivity index (χ2v) is 9.82. The summed E-state index contributed by atoms with van der Waals surface area (Å²) >= 11 is 0. The molecule has 0 aliphatic carbocycles. The third-order valence-electron chi connectivity index (χ3n) is 6.82. The fourth-order valence-electron chi connectivity index (χ4n) is 4.77. The number of benzene rings is 3. The first kappa shape index (κ1) is 29.0. The summed E-state index contributed by atoms with van der Waals surface area (Å²) in [5, 5.41) is 5.87. The molecule has 0 unspecified atom stereocenters. The quantitative estimate of drug-likeness (QED) is 0.221. The Morgan fingerprint density at radius 3 is 2.47 bits per heavy atom. The van der Waals surface area contributed by atoms with E-state index in [4.69, 9.17) is 15.2 Å². The number of nitrogens with zero attached hydrogens (tertiary/aromatic N) is 2. The van der Waals surface area contributed by atoms with Gasteiger partial charge in [-0.25, -0.2) is 4.79 Å². The van der Waals surface area contributed by atoms with Crippen LogP contribution in [0.15, 0.2) is 82.4 Å². The molecule has 4 aromatic rings. The Morgan fingerprint density at radius 2 is 1.70 bits per heavy atom. The summed E-state index contributed by atoms with van der Waals surface area (Å²) in [7, 11) is 0. The van der Waals surface area contributed by atoms with Gasteiger partial charge >= 0.3 is 5.69 Å². The molecule has 222 valence electrons. The number of amides is 2. The highest BCUT2D eigenvalue weighted by Crippen LogP contribution is 2.33. The van der Waals surface area contributed by atoms with Gasteiger partial charge < -0.3 is 30.7 Å². The van der Waals surface area contributed by atoms with Crippen LogP contribution in [0.3, 0.4) is 0 Å². The number of rotatable bonds is 10. The summed E-state index contributed by atoms with van der Waals surface area (Å²) in [5.41, 5.74) is 6.86. The number of anilines is 4. The van der Waals surface area contributed by atoms with Crippen molar-refractivity contribution in [3.8, 4) is 11.5 Å². The number of hydrogen-bond acceptors (Lipinski definition) is 8. The lowest BCUT2D eigenvalue weighted by Crippen LogP contribution is -2.43. The minimum Gasteiger partial charge on any atom is -0.486 e. The minimum absolute atomic E-state index is 0.103. The Morgan fingerprint density at radius 1 is 0.977 bits per heavy atom. The number of carbonyl (C=O) groups excluding carboxylic acids is 2. The fraction of sp³-hybridized carbons (Fsp3) is 0.226. The number of fused-ring (bicyclic) bond motifs is 1. The zero-order chi connectivity index (χ0) is 30.3. The average Bonchev–Trinajstić information content (AvgIpc) is 3.02. The number of nitrogens with two attached hydrogens (primary N) is 1. The molecule has 5 N–H and O–H groups in total. The highest BCUT2D eigenvalue weighted by atomic mass is 16.6. The maximum atomic E-state index is 13.5. The molecule has 5 rings (SSSR count). The van der Waals surface area contributed by atoms with Crippen LogP contribution >= 0.6 is 0 Å². The SMILES string of the molecule is CCCN(C(=O)CNc1ccccc1C(=O)Nc1ccc2c(c1)OCCO2)c1c(N)n(Cc2ccccc2)c(=O)[nH]c1=O. The number of nitrogens with one attached hydrogen (secondary N) is 3. The molecule has 0 spiro atoms. The lowest BCUT2D eigenvalue weighted by molar-refractivity contribution is -0.117. The van der Waals surface area contributed by atoms with Crippen molar-refractivity contribution in [2.24, 2.45) is 0 Å². The number of ether oxygens (including phenoxy) is 2. The molecular weight excluding hydrogens is 552 g/mol. The monoisotopic (exact) mass is 584 g/mol. The Bertz CT molecular complexity index is 1750. The smallest absolute Gasteiger partial charge is 0.330 e. The van der Waals surface area contributed by atoms with Crippen molar-refractivity contribution in [1.82, 2.24) is 9.55 Å². The van der Waals surface area contributed by atoms with Gasteiger partial charge in [-0.15, -0.1) is 0 Å². The van der Waals surface area contributed by atoms with E-state index in [1.54, 1.807) is 42.5 Å². The predicted molar refractivity (Wildman–Crippen MR) is 164 cm³/mol. The zero-order valence-electron chi connectivity index (χ0n) is 23.6. The maximum absolute atomic E-state index is 13.5. The second-order valence-electron chi connectivity index (χ2n) is 9.82. The van der Waals surface area contributed by atoms with E-state index in [0.29, 0.717) is 48.1 Å². The number of carbonyl (C=O) groups is 2. The van der Waals surface area contributed by atoms with E-state index in [1.807, 2.05) is 37.3 Å². The summed E-state index contributed by atoms with van der Waals surface area (Å²) in [6.07, 6.45) is 0.525. The molecule has 12 heteroatoms. The number of H-pyrrole nitrogens is 1. The molecule has 3 aromatic carbocycles. The van der Waals surface area contributed by atoms with Crippen molar-refractivity contribution in [3.05, 3.63) is 105 Å². The first-order chi connectivity index (χ1) is 20.9. The first-order valence-corrected chi connectivity index (χ1v) is 13.9. The van der Waals surface area contributed by atoms with Crippen molar-refractivity contribution in [2.75, 3.05) is 47.6 Å². The summed E-state index contributed by atoms with van der Waals surface area (Å²) in [4.78, 5) is 55.8. The van der Waals surface area contributed by atoms with E-state index in [9.17, 15) is 19.2 Å². The number of hydrogen-bond donors (Lipinski definition) is 4. The first-order valence-electron chi connectivity index (χ1n) is 13.9. The molecule has 2 heterocycles. The highest BCUT2D eigenvalue weighted by Gasteiger charge is 2.24. The van der Waals surface area contributed by atoms with Crippen LogP contribution < -0.4 is 42.0 Å². The summed E-state index contributed by atoms with van der Waals surface area (Å²) < 4.78 is 12.4. The zero-order valence-corrected chi connectivity index (χ0v) is 23.6. The van der Waals surface area contributed by atoms with E-state index in [0.717, 1.165) is 5.56 Å². The van der Waals surface area contributed by atoms with Crippen LogP contribution in [-0.4, -0.2) is 47.7 Å². The van der Waals surface area contributed by atoms with Gasteiger partial charge in [0, 0.05) is 24.0 Å². The Hall–Kier alpha value is -5.52. The van der Waals surface area contributed by atoms with E-state index in [2.05, 4.69) is 15.6 Å². The molecule has 0 saturated heterocycles. The molecule has 0 atom stereocenters. The molecule has 1 aliphatic rings. The number of aromatic nitrogens is 2. The van der Waals surface area contributed by atoms with Gasteiger partial charge in [-0.05, 0) is 36.2 Å². The highest BCUT2D eigenvalue weighted by molar-refractivity contribution is 6.08. The van der Waals surface area contributed by atoms with Crippen molar-refractivity contribution in [2.45, 2.75) is 19.9 Å². The summed E-state index contributed by atoms with van der Waals surface area (Å²) in [6.45, 7) is 2.80. The summed E-state index contributed by atoms with van der Waals surface area (Å²) in [5.74, 6) is 0.175. The fourth-order valence-corrected chi connectivity index (χ4v) is 4.77. The lowest BCUT2D eigenvalue weighted by Gasteiger charge is -2.24. The van der Waals surface area contributed by atoms with Gasteiger partial charge in [-0.2, -0.15) is 0 Å². The van der Waals surface area contributed by atoms with Crippen LogP contribution in [0.5, 0.6) is 11.5 Å². The second kappa shape index (κ2) is 13.0. The van der Waals surface area contributed by atoms with E-state index >= 15 is 0 Å². The third kappa shape index (κ3) is 6.53. The van der Waals surface area contributed by atoms with E-state index < -0.39 is 23.1 Å². The number of para-hydroxylation sites is 1. The Labute approximate surface area is 247 Å². The largest absolute Gasteiger partial charge is 0.486 e. The Kier molecular flexibility index (Phi) is 8.75.